The zero-order valence-electron chi connectivity index (χ0n) is 39.5. The minimum atomic E-state index is -4.86. The van der Waals surface area contributed by atoms with E-state index < -0.39 is 24.2 Å². The molecule has 72 heavy (non-hydrogen) atoms. The third-order valence-corrected chi connectivity index (χ3v) is 13.2. The van der Waals surface area contributed by atoms with Crippen molar-refractivity contribution in [2.75, 3.05) is 7.11 Å². The van der Waals surface area contributed by atoms with Gasteiger partial charge in [0.25, 0.3) is 6.47 Å². The first-order chi connectivity index (χ1) is 33.4. The van der Waals surface area contributed by atoms with Gasteiger partial charge in [-0.3, -0.25) is 14.8 Å². The Morgan fingerprint density at radius 3 is 1.53 bits per heavy atom. The van der Waals surface area contributed by atoms with Crippen LogP contribution >= 0.6 is 24.4 Å². The molecular formula is C49H47F3K2N6O10S2. The molecule has 2 aromatic heterocycles. The summed E-state index contributed by atoms with van der Waals surface area (Å²) in [6.07, 6.45) is 1.85. The molecule has 4 unspecified atom stereocenters. The van der Waals surface area contributed by atoms with Crippen LogP contribution in [0.25, 0.3) is 33.9 Å². The number of ether oxygens (including phenoxy) is 2. The molecule has 4 N–H and O–H groups in total. The maximum atomic E-state index is 13.2. The fourth-order valence-electron chi connectivity index (χ4n) is 10.2. The van der Waals surface area contributed by atoms with E-state index in [0.717, 1.165) is 68.2 Å². The third kappa shape index (κ3) is 12.4. The van der Waals surface area contributed by atoms with Gasteiger partial charge in [0.15, 0.2) is 11.6 Å². The van der Waals surface area contributed by atoms with Gasteiger partial charge in [-0.15, -0.1) is 0 Å². The minimum Gasteiger partial charge on any atom is -1.00 e. The Morgan fingerprint density at radius 1 is 0.736 bits per heavy atom. The normalized spacial score (nSPS) is 19.3. The second kappa shape index (κ2) is 25.4. The molecule has 4 saturated heterocycles. The van der Waals surface area contributed by atoms with Gasteiger partial charge in [0.2, 0.25) is 0 Å². The number of H-pyrrole nitrogens is 2. The SMILES string of the molecule is C.COO.O=C(N1C2CCC1CC(=C1c3ccccc3Oc3cc(-c4nc(=S)o[nH]4)ccc31)C2)C(F)(F)F.O=CO[O-].S=c1nc(-c2ccc3c(c2)Oc2ccccc2C3=C2CC3CCC(C2)N3)[nH]o1.[H-].[K+].[K+]. The first kappa shape index (κ1) is 57.8. The average Bonchev–Trinajstić information content (AvgIpc) is 4.14. The molecule has 4 aromatic carbocycles. The van der Waals surface area contributed by atoms with Crippen LogP contribution in [-0.2, 0) is 19.4 Å². The first-order valence-electron chi connectivity index (χ1n) is 21.8. The molecule has 1 amide bonds. The van der Waals surface area contributed by atoms with Crippen molar-refractivity contribution >= 4 is 48.0 Å². The molecular weight excluding hydrogens is 1030 g/mol. The van der Waals surface area contributed by atoms with E-state index in [0.29, 0.717) is 60.9 Å². The van der Waals surface area contributed by atoms with Crippen molar-refractivity contribution in [1.82, 2.24) is 30.5 Å². The summed E-state index contributed by atoms with van der Waals surface area (Å²) in [5.74, 6) is 2.41. The monoisotopic (exact) mass is 1080 g/mol. The zero-order chi connectivity index (χ0) is 48.4. The number of amides is 1. The summed E-state index contributed by atoms with van der Waals surface area (Å²) in [5, 5.41) is 24.7. The quantitative estimate of drug-likeness (QED) is 0.0629. The fourth-order valence-corrected chi connectivity index (χ4v) is 10.5. The van der Waals surface area contributed by atoms with Gasteiger partial charge in [-0.2, -0.15) is 23.1 Å². The number of carbonyl (C=O) groups is 2. The second-order valence-corrected chi connectivity index (χ2v) is 17.6. The number of aromatic nitrogens is 4. The number of alkyl halides is 3. The van der Waals surface area contributed by atoms with Gasteiger partial charge in [-0.25, -0.2) is 15.2 Å². The summed E-state index contributed by atoms with van der Waals surface area (Å²) in [7, 11) is 1.18. The Morgan fingerprint density at radius 2 is 1.14 bits per heavy atom. The second-order valence-electron chi connectivity index (χ2n) is 16.9. The van der Waals surface area contributed by atoms with E-state index in [1.54, 1.807) is 0 Å². The number of carbonyl (C=O) groups excluding carboxylic acids is 2. The molecule has 4 atom stereocenters. The van der Waals surface area contributed by atoms with Crippen molar-refractivity contribution in [3.8, 4) is 45.8 Å². The molecule has 12 rings (SSSR count). The molecule has 0 radical (unpaired) electrons. The van der Waals surface area contributed by atoms with Crippen molar-refractivity contribution in [3.05, 3.63) is 128 Å². The third-order valence-electron chi connectivity index (χ3n) is 12.8. The molecule has 6 aromatic rings. The van der Waals surface area contributed by atoms with Gasteiger partial charge >= 0.3 is 125 Å². The molecule has 4 fully saturated rings. The number of nitrogens with one attached hydrogen (secondary N) is 3. The number of benzene rings is 4. The summed E-state index contributed by atoms with van der Waals surface area (Å²) < 4.78 is 62.2. The number of fused-ring (bicyclic) bond motifs is 8. The van der Waals surface area contributed by atoms with Crippen LogP contribution in [0.1, 0.15) is 82.5 Å². The Labute approximate surface area is 507 Å². The molecule has 8 heterocycles. The zero-order valence-corrected chi connectivity index (χ0v) is 46.4. The summed E-state index contributed by atoms with van der Waals surface area (Å²) in [5.41, 5.74) is 10.6. The number of hydrogen-bond acceptors (Lipinski definition) is 15. The van der Waals surface area contributed by atoms with Crippen LogP contribution in [0, 0.1) is 9.67 Å². The van der Waals surface area contributed by atoms with Gasteiger partial charge in [0.05, 0.1) is 7.11 Å². The van der Waals surface area contributed by atoms with Crippen LogP contribution in [0.2, 0.25) is 0 Å². The van der Waals surface area contributed by atoms with Gasteiger partial charge < -0.3 is 40.3 Å². The van der Waals surface area contributed by atoms with E-state index in [9.17, 15) is 18.0 Å². The largest absolute Gasteiger partial charge is 1.00 e. The Balaban J connectivity index is 0.000000232. The molecule has 0 aliphatic carbocycles. The molecule has 368 valence electrons. The van der Waals surface area contributed by atoms with Gasteiger partial charge in [-0.1, -0.05) is 67.1 Å². The molecule has 4 bridgehead atoms. The first-order valence-corrected chi connectivity index (χ1v) is 22.6. The number of rotatable bonds is 3. The summed E-state index contributed by atoms with van der Waals surface area (Å²) >= 11 is 9.93. The Hall–Kier alpha value is -3.48. The summed E-state index contributed by atoms with van der Waals surface area (Å²) in [6.45, 7) is -0.181. The van der Waals surface area contributed by atoms with Gasteiger partial charge in [0.1, 0.15) is 23.0 Å². The van der Waals surface area contributed by atoms with Gasteiger partial charge in [0, 0.05) is 57.5 Å². The van der Waals surface area contributed by atoms with Crippen molar-refractivity contribution in [2.45, 2.75) is 89.1 Å². The fraction of sp³-hybridized carbons (Fsp3) is 0.306. The van der Waals surface area contributed by atoms with Crippen LogP contribution in [0.3, 0.4) is 0 Å². The molecule has 23 heteroatoms. The maximum Gasteiger partial charge on any atom is 1.00 e. The van der Waals surface area contributed by atoms with Crippen LogP contribution in [0.5, 0.6) is 23.0 Å². The smallest absolute Gasteiger partial charge is 1.00 e. The molecule has 0 spiro atoms. The Bertz CT molecular complexity index is 3080. The van der Waals surface area contributed by atoms with E-state index >= 15 is 0 Å². The number of hydrogen-bond donors (Lipinski definition) is 4. The van der Waals surface area contributed by atoms with E-state index in [2.05, 4.69) is 59.6 Å². The van der Waals surface area contributed by atoms with E-state index in [1.807, 2.05) is 60.7 Å². The number of nitrogens with zero attached hydrogens (tertiary/aromatic N) is 3. The van der Waals surface area contributed by atoms with Crippen LogP contribution in [0.4, 0.5) is 13.2 Å². The van der Waals surface area contributed by atoms with Crippen molar-refractivity contribution in [2.24, 2.45) is 0 Å². The van der Waals surface area contributed by atoms with E-state index in [4.69, 9.17) is 58.3 Å². The number of halogens is 3. The van der Waals surface area contributed by atoms with Crippen LogP contribution in [-0.4, -0.2) is 80.3 Å². The predicted octanol–water partition coefficient (Wildman–Crippen LogP) is 4.54. The summed E-state index contributed by atoms with van der Waals surface area (Å²) in [4.78, 5) is 36.3. The van der Waals surface area contributed by atoms with Crippen LogP contribution < -0.4 is 123 Å². The molecule has 16 nitrogen and oxygen atoms in total. The number of aromatic amines is 2. The average molecular weight is 1080 g/mol. The summed E-state index contributed by atoms with van der Waals surface area (Å²) in [6, 6.07) is 28.1. The number of para-hydroxylation sites is 2. The van der Waals surface area contributed by atoms with Crippen LogP contribution in [0.15, 0.2) is 105 Å². The molecule has 6 aliphatic rings. The maximum absolute atomic E-state index is 13.2. The van der Waals surface area contributed by atoms with Crippen molar-refractivity contribution < 1.29 is 166 Å². The predicted molar refractivity (Wildman–Crippen MR) is 252 cm³/mol. The van der Waals surface area contributed by atoms with E-state index in [1.165, 1.54) is 36.7 Å². The van der Waals surface area contributed by atoms with Gasteiger partial charge in [-0.05, 0) is 123 Å². The molecule has 6 aliphatic heterocycles. The van der Waals surface area contributed by atoms with E-state index in [-0.39, 0.29) is 128 Å². The molecule has 0 saturated carbocycles. The topological polar surface area (TPSA) is 213 Å². The standard InChI is InChI=1S/C24H18F3N3O3S.C22H19N3O2S.CH2O3.CH4O2.CH4.2K.H/c25-24(26,27)22(31)30-14-6-7-15(30)10-13(9-14)20-16-3-1-2-4-18(16)32-19-11-12(5-8-17(19)20)21-28-23(34)33-29-21;28-22-24-21(25-27-22)12-5-8-17-19(11-12)26-18-4-2-1-3-16(18)20(17)13-9-14-6-7-15(10-13)23-14;2-1-4-3;1-3-2;;;;/h1-5,8,11,14-15H,6-7,9-10H2,(H,28,29,34);1-5,8,11,14-15,23H,6-7,9-10H2,(H,24,25,28);1,3H;2H,1H3;1H4;;;/q;;;;;2*+1;-1/p-1. The minimum absolute atomic E-state index is 0. The number of piperidine rings is 2. The Kier molecular flexibility index (Phi) is 20.4. The van der Waals surface area contributed by atoms with Crippen molar-refractivity contribution in [3.63, 3.8) is 0 Å². The van der Waals surface area contributed by atoms with Crippen molar-refractivity contribution in [1.29, 1.82) is 0 Å².